The van der Waals surface area contributed by atoms with E-state index in [1.807, 2.05) is 109 Å². The lowest BCUT2D eigenvalue weighted by atomic mass is 10.1. The first-order chi connectivity index (χ1) is 18.2. The van der Waals surface area contributed by atoms with E-state index in [9.17, 15) is 4.79 Å². The first kappa shape index (κ1) is 24.0. The largest absolute Gasteiger partial charge is 0.457 e. The van der Waals surface area contributed by atoms with Crippen LogP contribution in [-0.4, -0.2) is 18.1 Å². The van der Waals surface area contributed by atoms with Crippen molar-refractivity contribution in [2.75, 3.05) is 7.11 Å². The van der Waals surface area contributed by atoms with E-state index in [0.717, 1.165) is 10.9 Å². The smallest absolute Gasteiger partial charge is 0.361 e. The van der Waals surface area contributed by atoms with Crippen molar-refractivity contribution in [2.45, 2.75) is 13.2 Å². The molecule has 4 aromatic carbocycles. The summed E-state index contributed by atoms with van der Waals surface area (Å²) in [5.74, 6) is 1.64. The maximum Gasteiger partial charge on any atom is 0.361 e. The molecular formula is C31H25NO5. The van der Waals surface area contributed by atoms with Crippen LogP contribution >= 0.6 is 0 Å². The number of para-hydroxylation sites is 2. The molecule has 0 fully saturated rings. The highest BCUT2D eigenvalue weighted by Gasteiger charge is 2.23. The number of nitrogens with zero attached hydrogens (tertiary/aromatic N) is 1. The van der Waals surface area contributed by atoms with Gasteiger partial charge >= 0.3 is 5.97 Å². The van der Waals surface area contributed by atoms with E-state index >= 15 is 0 Å². The Morgan fingerprint density at radius 2 is 1.30 bits per heavy atom. The molecule has 0 saturated heterocycles. The molecule has 37 heavy (non-hydrogen) atoms. The molecule has 0 atom stereocenters. The van der Waals surface area contributed by atoms with Crippen molar-refractivity contribution in [3.8, 4) is 23.0 Å². The Hall–Kier alpha value is -4.68. The molecule has 0 aliphatic heterocycles. The molecule has 0 radical (unpaired) electrons. The summed E-state index contributed by atoms with van der Waals surface area (Å²) in [6.45, 7) is 0.309. The Bertz CT molecular complexity index is 1490. The average Bonchev–Trinajstić information content (AvgIpc) is 2.94. The van der Waals surface area contributed by atoms with E-state index in [1.165, 1.54) is 0 Å². The molecule has 5 aromatic rings. The molecule has 0 N–H and O–H groups in total. The molecule has 0 saturated carbocycles. The predicted molar refractivity (Wildman–Crippen MR) is 141 cm³/mol. The van der Waals surface area contributed by atoms with Gasteiger partial charge in [-0.15, -0.1) is 0 Å². The van der Waals surface area contributed by atoms with Gasteiger partial charge in [0.15, 0.2) is 11.4 Å². The topological polar surface area (TPSA) is 66.9 Å². The number of benzene rings is 4. The summed E-state index contributed by atoms with van der Waals surface area (Å²) in [7, 11) is 1.58. The van der Waals surface area contributed by atoms with Crippen LogP contribution in [0.5, 0.6) is 23.0 Å². The van der Waals surface area contributed by atoms with Crippen LogP contribution in [0.4, 0.5) is 0 Å². The van der Waals surface area contributed by atoms with Crippen molar-refractivity contribution in [1.82, 2.24) is 4.98 Å². The van der Waals surface area contributed by atoms with Crippen molar-refractivity contribution in [3.05, 3.63) is 126 Å². The number of fused-ring (bicyclic) bond motifs is 1. The van der Waals surface area contributed by atoms with Crippen molar-refractivity contribution in [2.24, 2.45) is 0 Å². The van der Waals surface area contributed by atoms with Gasteiger partial charge in [0, 0.05) is 17.9 Å². The quantitative estimate of drug-likeness (QED) is 0.201. The lowest BCUT2D eigenvalue weighted by Gasteiger charge is -2.17. The molecule has 0 spiro atoms. The molecule has 0 aliphatic carbocycles. The standard InChI is InChI=1S/C31H25NO5/c1-34-21-28-27-19-25(36-23-13-7-3-8-14-23)17-18-26(27)30(37-24-15-9-4-10-16-24)29(32-28)31(33)35-20-22-11-5-2-6-12-22/h2-19H,20-21H2,1H3. The highest BCUT2D eigenvalue weighted by atomic mass is 16.5. The SMILES string of the molecule is COCc1nc(C(=O)OCc2ccccc2)c(Oc2ccccc2)c2ccc(Oc3ccccc3)cc12. The molecule has 1 aromatic heterocycles. The van der Waals surface area contributed by atoms with E-state index in [0.29, 0.717) is 34.1 Å². The number of carbonyl (C=O) groups excluding carboxylic acids is 1. The second-order valence-electron chi connectivity index (χ2n) is 8.27. The van der Waals surface area contributed by atoms with Crippen LogP contribution in [0.2, 0.25) is 0 Å². The number of aromatic nitrogens is 1. The fraction of sp³-hybridized carbons (Fsp3) is 0.0968. The zero-order chi connectivity index (χ0) is 25.5. The van der Waals surface area contributed by atoms with Gasteiger partial charge < -0.3 is 18.9 Å². The second kappa shape index (κ2) is 11.4. The van der Waals surface area contributed by atoms with Gasteiger partial charge in [0.05, 0.1) is 12.3 Å². The van der Waals surface area contributed by atoms with Crippen LogP contribution in [0.3, 0.4) is 0 Å². The minimum absolute atomic E-state index is 0.0797. The minimum Gasteiger partial charge on any atom is -0.457 e. The molecule has 6 heteroatoms. The fourth-order valence-electron chi connectivity index (χ4n) is 3.91. The first-order valence-electron chi connectivity index (χ1n) is 11.8. The van der Waals surface area contributed by atoms with Gasteiger partial charge in [-0.2, -0.15) is 0 Å². The maximum atomic E-state index is 13.3. The highest BCUT2D eigenvalue weighted by Crippen LogP contribution is 2.37. The van der Waals surface area contributed by atoms with E-state index in [1.54, 1.807) is 7.11 Å². The Balaban J connectivity index is 1.58. The van der Waals surface area contributed by atoms with Crippen molar-refractivity contribution < 1.29 is 23.7 Å². The maximum absolute atomic E-state index is 13.3. The third-order valence-electron chi connectivity index (χ3n) is 5.64. The van der Waals surface area contributed by atoms with E-state index in [4.69, 9.17) is 18.9 Å². The average molecular weight is 492 g/mol. The highest BCUT2D eigenvalue weighted by molar-refractivity contribution is 6.01. The zero-order valence-electron chi connectivity index (χ0n) is 20.3. The van der Waals surface area contributed by atoms with Crippen LogP contribution in [0.1, 0.15) is 21.7 Å². The number of hydrogen-bond donors (Lipinski definition) is 0. The summed E-state index contributed by atoms with van der Waals surface area (Å²) in [5, 5.41) is 1.44. The number of carbonyl (C=O) groups is 1. The van der Waals surface area contributed by atoms with E-state index in [2.05, 4.69) is 4.98 Å². The van der Waals surface area contributed by atoms with Gasteiger partial charge in [-0.25, -0.2) is 9.78 Å². The zero-order valence-corrected chi connectivity index (χ0v) is 20.3. The number of ether oxygens (including phenoxy) is 4. The van der Waals surface area contributed by atoms with Gasteiger partial charge in [0.2, 0.25) is 0 Å². The monoisotopic (exact) mass is 491 g/mol. The van der Waals surface area contributed by atoms with Crippen molar-refractivity contribution in [1.29, 1.82) is 0 Å². The normalized spacial score (nSPS) is 10.7. The number of esters is 1. The van der Waals surface area contributed by atoms with Crippen LogP contribution in [0, 0.1) is 0 Å². The number of rotatable bonds is 9. The summed E-state index contributed by atoms with van der Waals surface area (Å²) in [6, 6.07) is 33.9. The van der Waals surface area contributed by atoms with Gasteiger partial charge in [0.1, 0.15) is 23.9 Å². The summed E-state index contributed by atoms with van der Waals surface area (Å²) >= 11 is 0. The molecule has 0 bridgehead atoms. The van der Waals surface area contributed by atoms with Gasteiger partial charge in [-0.3, -0.25) is 0 Å². The molecule has 184 valence electrons. The van der Waals surface area contributed by atoms with Crippen molar-refractivity contribution >= 4 is 16.7 Å². The third-order valence-corrected chi connectivity index (χ3v) is 5.64. The van der Waals surface area contributed by atoms with Crippen molar-refractivity contribution in [3.63, 3.8) is 0 Å². The van der Waals surface area contributed by atoms with E-state index in [-0.39, 0.29) is 18.9 Å². The summed E-state index contributed by atoms with van der Waals surface area (Å²) in [4.78, 5) is 18.0. The molecule has 1 heterocycles. The Morgan fingerprint density at radius 1 is 0.676 bits per heavy atom. The third kappa shape index (κ3) is 5.77. The Morgan fingerprint density at radius 3 is 1.95 bits per heavy atom. The Kier molecular flexibility index (Phi) is 7.39. The lowest BCUT2D eigenvalue weighted by Crippen LogP contribution is -2.12. The number of pyridine rings is 1. The first-order valence-corrected chi connectivity index (χ1v) is 11.8. The molecule has 5 rings (SSSR count). The molecular weight excluding hydrogens is 466 g/mol. The van der Waals surface area contributed by atoms with Crippen LogP contribution in [0.25, 0.3) is 10.8 Å². The fourth-order valence-corrected chi connectivity index (χ4v) is 3.91. The second-order valence-corrected chi connectivity index (χ2v) is 8.27. The van der Waals surface area contributed by atoms with Crippen LogP contribution in [0.15, 0.2) is 109 Å². The van der Waals surface area contributed by atoms with Gasteiger partial charge in [-0.05, 0) is 48.0 Å². The number of methoxy groups -OCH3 is 1. The molecule has 0 unspecified atom stereocenters. The molecule has 0 aliphatic rings. The Labute approximate surface area is 215 Å². The number of hydrogen-bond acceptors (Lipinski definition) is 6. The molecule has 6 nitrogen and oxygen atoms in total. The van der Waals surface area contributed by atoms with E-state index < -0.39 is 5.97 Å². The van der Waals surface area contributed by atoms with Gasteiger partial charge in [-0.1, -0.05) is 66.7 Å². The lowest BCUT2D eigenvalue weighted by molar-refractivity contribution is 0.0462. The predicted octanol–water partition coefficient (Wildman–Crippen LogP) is 7.32. The van der Waals surface area contributed by atoms with Crippen LogP contribution in [-0.2, 0) is 22.7 Å². The summed E-state index contributed by atoms with van der Waals surface area (Å²) in [5.41, 5.74) is 1.53. The molecule has 0 amide bonds. The summed E-state index contributed by atoms with van der Waals surface area (Å²) < 4.78 is 23.3. The minimum atomic E-state index is -0.585. The van der Waals surface area contributed by atoms with Crippen LogP contribution < -0.4 is 9.47 Å². The summed E-state index contributed by atoms with van der Waals surface area (Å²) in [6.07, 6.45) is 0. The van der Waals surface area contributed by atoms with Gasteiger partial charge in [0.25, 0.3) is 0 Å².